The minimum absolute atomic E-state index is 0.00220. The molecule has 1 aromatic rings. The number of benzene rings is 1. The normalized spacial score (nSPS) is 11.3. The highest BCUT2D eigenvalue weighted by atomic mass is 79.9. The maximum atomic E-state index is 12.2. The van der Waals surface area contributed by atoms with Crippen molar-refractivity contribution >= 4 is 27.7 Å². The first-order valence-corrected chi connectivity index (χ1v) is 6.03. The number of amidine groups is 1. The van der Waals surface area contributed by atoms with Crippen LogP contribution in [-0.2, 0) is 0 Å². The largest absolute Gasteiger partial charge is 0.507 e. The molecule has 0 aliphatic carbocycles. The van der Waals surface area contributed by atoms with Crippen LogP contribution in [0.1, 0.15) is 17.3 Å². The number of aromatic hydroxyl groups is 1. The van der Waals surface area contributed by atoms with Gasteiger partial charge in [-0.1, -0.05) is 21.1 Å². The fourth-order valence-corrected chi connectivity index (χ4v) is 1.77. The van der Waals surface area contributed by atoms with Crippen LogP contribution in [0.2, 0.25) is 0 Å². The van der Waals surface area contributed by atoms with E-state index in [4.69, 9.17) is 10.9 Å². The lowest BCUT2D eigenvalue weighted by Crippen LogP contribution is -2.38. The Kier molecular flexibility index (Phi) is 4.96. The lowest BCUT2D eigenvalue weighted by Gasteiger charge is -2.20. The second kappa shape index (κ2) is 6.25. The molecular weight excluding hydrogens is 302 g/mol. The molecule has 0 saturated heterocycles. The highest BCUT2D eigenvalue weighted by molar-refractivity contribution is 9.10. The molecule has 98 valence electrons. The van der Waals surface area contributed by atoms with Gasteiger partial charge in [0.15, 0.2) is 5.84 Å². The number of phenols is 1. The number of hydrogen-bond donors (Lipinski definition) is 3. The van der Waals surface area contributed by atoms with Gasteiger partial charge in [0.1, 0.15) is 5.75 Å². The second-order valence-corrected chi connectivity index (χ2v) is 4.49. The summed E-state index contributed by atoms with van der Waals surface area (Å²) in [6.07, 6.45) is 0. The van der Waals surface area contributed by atoms with E-state index in [1.165, 1.54) is 17.0 Å². The van der Waals surface area contributed by atoms with E-state index >= 15 is 0 Å². The van der Waals surface area contributed by atoms with E-state index < -0.39 is 0 Å². The van der Waals surface area contributed by atoms with E-state index in [0.717, 1.165) is 0 Å². The monoisotopic (exact) mass is 315 g/mol. The molecule has 0 atom stereocenters. The van der Waals surface area contributed by atoms with E-state index in [-0.39, 0.29) is 29.6 Å². The fraction of sp³-hybridized carbons (Fsp3) is 0.273. The summed E-state index contributed by atoms with van der Waals surface area (Å²) in [5.41, 5.74) is 5.53. The van der Waals surface area contributed by atoms with Crippen LogP contribution in [0.25, 0.3) is 0 Å². The average Bonchev–Trinajstić information content (AvgIpc) is 2.37. The number of phenolic OH excluding ortho intramolecular Hbond substituents is 1. The third kappa shape index (κ3) is 3.36. The topological polar surface area (TPSA) is 99.1 Å². The smallest absolute Gasteiger partial charge is 0.258 e. The number of nitrogens with two attached hydrogens (primary N) is 1. The van der Waals surface area contributed by atoms with Gasteiger partial charge in [-0.2, -0.15) is 0 Å². The van der Waals surface area contributed by atoms with Crippen LogP contribution in [-0.4, -0.2) is 40.0 Å². The van der Waals surface area contributed by atoms with Crippen molar-refractivity contribution in [3.8, 4) is 5.75 Å². The van der Waals surface area contributed by atoms with E-state index in [1.807, 2.05) is 0 Å². The van der Waals surface area contributed by atoms with Gasteiger partial charge in [0.2, 0.25) is 0 Å². The van der Waals surface area contributed by atoms with E-state index in [9.17, 15) is 9.90 Å². The molecule has 0 aliphatic rings. The molecule has 0 heterocycles. The maximum Gasteiger partial charge on any atom is 0.258 e. The number of rotatable bonds is 4. The second-order valence-electron chi connectivity index (χ2n) is 3.57. The molecule has 0 aliphatic heterocycles. The number of hydrogen-bond acceptors (Lipinski definition) is 4. The number of halogens is 1. The van der Waals surface area contributed by atoms with Crippen LogP contribution in [0.4, 0.5) is 0 Å². The van der Waals surface area contributed by atoms with Crippen molar-refractivity contribution in [1.29, 1.82) is 0 Å². The number of carbonyl (C=O) groups excluding carboxylic acids is 1. The van der Waals surface area contributed by atoms with E-state index in [0.29, 0.717) is 11.0 Å². The van der Waals surface area contributed by atoms with Crippen molar-refractivity contribution in [2.45, 2.75) is 6.92 Å². The molecule has 1 aromatic carbocycles. The number of nitrogens with zero attached hydrogens (tertiary/aromatic N) is 2. The molecule has 6 nitrogen and oxygen atoms in total. The predicted molar refractivity (Wildman–Crippen MR) is 70.8 cm³/mol. The zero-order valence-electron chi connectivity index (χ0n) is 9.80. The molecule has 1 amide bonds. The molecule has 18 heavy (non-hydrogen) atoms. The summed E-state index contributed by atoms with van der Waals surface area (Å²) < 4.78 is 0.684. The van der Waals surface area contributed by atoms with Gasteiger partial charge in [0, 0.05) is 11.0 Å². The van der Waals surface area contributed by atoms with Gasteiger partial charge in [-0.3, -0.25) is 4.79 Å². The van der Waals surface area contributed by atoms with Crippen LogP contribution in [0.15, 0.2) is 27.8 Å². The van der Waals surface area contributed by atoms with Gasteiger partial charge in [-0.05, 0) is 25.1 Å². The first kappa shape index (κ1) is 14.3. The van der Waals surface area contributed by atoms with E-state index in [1.54, 1.807) is 13.0 Å². The third-order valence-electron chi connectivity index (χ3n) is 2.34. The number of amides is 1. The Morgan fingerprint density at radius 2 is 2.22 bits per heavy atom. The number of carbonyl (C=O) groups is 1. The van der Waals surface area contributed by atoms with Gasteiger partial charge in [-0.25, -0.2) is 0 Å². The molecular formula is C11H14BrN3O3. The highest BCUT2D eigenvalue weighted by Gasteiger charge is 2.19. The third-order valence-corrected chi connectivity index (χ3v) is 2.83. The van der Waals surface area contributed by atoms with Crippen LogP contribution >= 0.6 is 15.9 Å². The van der Waals surface area contributed by atoms with Crippen molar-refractivity contribution in [1.82, 2.24) is 4.90 Å². The van der Waals surface area contributed by atoms with Crippen molar-refractivity contribution in [2.75, 3.05) is 13.1 Å². The van der Waals surface area contributed by atoms with Crippen molar-refractivity contribution in [2.24, 2.45) is 10.9 Å². The van der Waals surface area contributed by atoms with Gasteiger partial charge >= 0.3 is 0 Å². The van der Waals surface area contributed by atoms with Gasteiger partial charge in [0.25, 0.3) is 5.91 Å². The lowest BCUT2D eigenvalue weighted by molar-refractivity contribution is 0.0783. The van der Waals surface area contributed by atoms with Crippen LogP contribution in [0.5, 0.6) is 5.75 Å². The summed E-state index contributed by atoms with van der Waals surface area (Å²) in [5, 5.41) is 21.0. The zero-order valence-corrected chi connectivity index (χ0v) is 11.4. The maximum absolute atomic E-state index is 12.2. The van der Waals surface area contributed by atoms with Crippen LogP contribution in [0, 0.1) is 0 Å². The Bertz CT molecular complexity index is 477. The molecule has 0 aromatic heterocycles. The Balaban J connectivity index is 3.00. The zero-order chi connectivity index (χ0) is 13.7. The van der Waals surface area contributed by atoms with Crippen molar-refractivity contribution in [3.05, 3.63) is 28.2 Å². The average molecular weight is 316 g/mol. The molecule has 0 radical (unpaired) electrons. The first-order valence-electron chi connectivity index (χ1n) is 5.23. The van der Waals surface area contributed by atoms with Crippen LogP contribution in [0.3, 0.4) is 0 Å². The quantitative estimate of drug-likeness (QED) is 0.338. The summed E-state index contributed by atoms with van der Waals surface area (Å²) in [6, 6.07) is 4.58. The van der Waals surface area contributed by atoms with Crippen molar-refractivity contribution in [3.63, 3.8) is 0 Å². The summed E-state index contributed by atoms with van der Waals surface area (Å²) in [6.45, 7) is 2.14. The molecule has 0 fully saturated rings. The van der Waals surface area contributed by atoms with Crippen LogP contribution < -0.4 is 5.73 Å². The molecule has 7 heteroatoms. The first-order chi connectivity index (χ1) is 8.49. The minimum atomic E-state index is -0.386. The molecule has 1 rings (SSSR count). The number of oxime groups is 1. The fourth-order valence-electron chi connectivity index (χ4n) is 1.40. The van der Waals surface area contributed by atoms with Crippen molar-refractivity contribution < 1.29 is 15.1 Å². The summed E-state index contributed by atoms with van der Waals surface area (Å²) >= 11 is 3.23. The van der Waals surface area contributed by atoms with Gasteiger partial charge in [-0.15, -0.1) is 0 Å². The Morgan fingerprint density at radius 3 is 2.78 bits per heavy atom. The molecule has 4 N–H and O–H groups in total. The summed E-state index contributed by atoms with van der Waals surface area (Å²) in [7, 11) is 0. The van der Waals surface area contributed by atoms with E-state index in [2.05, 4.69) is 21.1 Å². The summed E-state index contributed by atoms with van der Waals surface area (Å²) in [5.74, 6) is -0.566. The number of likely N-dealkylation sites (N-methyl/N-ethyl adjacent to an activating group) is 1. The standard InChI is InChI=1S/C11H14BrN3O3/c1-2-15(6-10(13)14-18)11(17)8-5-7(12)3-4-9(8)16/h3-5,16,18H,2,6H2,1H3,(H2,13,14). The Hall–Kier alpha value is -1.76. The van der Waals surface area contributed by atoms with Gasteiger partial charge in [0.05, 0.1) is 12.1 Å². The molecule has 0 unspecified atom stereocenters. The molecule has 0 spiro atoms. The lowest BCUT2D eigenvalue weighted by atomic mass is 10.1. The minimum Gasteiger partial charge on any atom is -0.507 e. The Morgan fingerprint density at radius 1 is 1.56 bits per heavy atom. The Labute approximate surface area is 113 Å². The SMILES string of the molecule is CCN(C/C(N)=N/O)C(=O)c1cc(Br)ccc1O. The highest BCUT2D eigenvalue weighted by Crippen LogP contribution is 2.23. The summed E-state index contributed by atoms with van der Waals surface area (Å²) in [4.78, 5) is 13.5. The predicted octanol–water partition coefficient (Wildman–Crippen LogP) is 1.36. The van der Waals surface area contributed by atoms with Gasteiger partial charge < -0.3 is 20.9 Å². The molecule has 0 bridgehead atoms. The molecule has 0 saturated carbocycles.